The van der Waals surface area contributed by atoms with Gasteiger partial charge in [0, 0.05) is 23.7 Å². The van der Waals surface area contributed by atoms with E-state index >= 15 is 0 Å². The molecule has 1 aromatic heterocycles. The summed E-state index contributed by atoms with van der Waals surface area (Å²) >= 11 is 0. The fourth-order valence-corrected chi connectivity index (χ4v) is 4.07. The number of benzene rings is 2. The van der Waals surface area contributed by atoms with Gasteiger partial charge in [0.15, 0.2) is 0 Å². The Morgan fingerprint density at radius 3 is 1.88 bits per heavy atom. The largest absolute Gasteiger partial charge is 0.269 e. The fourth-order valence-electron chi connectivity index (χ4n) is 4.07. The van der Waals surface area contributed by atoms with Crippen LogP contribution in [0.15, 0.2) is 67.2 Å². The van der Waals surface area contributed by atoms with Crippen LogP contribution < -0.4 is 0 Å². The third kappa shape index (κ3) is 6.44. The van der Waals surface area contributed by atoms with Crippen molar-refractivity contribution in [3.8, 4) is 6.07 Å². The maximum Gasteiger partial charge on any atom is 0.0784 e. The highest BCUT2D eigenvalue weighted by Gasteiger charge is 2.27. The maximum atomic E-state index is 10.0. The van der Waals surface area contributed by atoms with Gasteiger partial charge in [0.25, 0.3) is 0 Å². The van der Waals surface area contributed by atoms with E-state index in [9.17, 15) is 5.26 Å². The molecule has 2 aromatic carbocycles. The Labute approximate surface area is 195 Å². The van der Waals surface area contributed by atoms with E-state index in [1.165, 1.54) is 0 Å². The Balaban J connectivity index is 0.00000121. The normalized spacial score (nSPS) is 11.7. The Morgan fingerprint density at radius 1 is 0.938 bits per heavy atom. The lowest BCUT2D eigenvalue weighted by Gasteiger charge is -2.24. The molecule has 0 aliphatic carbocycles. The molecule has 0 radical (unpaired) electrons. The summed E-state index contributed by atoms with van der Waals surface area (Å²) in [6, 6.07) is 22.9. The van der Waals surface area contributed by atoms with E-state index in [2.05, 4.69) is 43.7 Å². The zero-order valence-corrected chi connectivity index (χ0v) is 20.9. The first-order valence-corrected chi connectivity index (χ1v) is 11.8. The molecule has 3 aromatic rings. The summed E-state index contributed by atoms with van der Waals surface area (Å²) in [6.45, 7) is 19.5. The Morgan fingerprint density at radius 2 is 1.44 bits per heavy atom. The molecule has 2 atom stereocenters. The second-order valence-corrected chi connectivity index (χ2v) is 7.20. The van der Waals surface area contributed by atoms with Crippen molar-refractivity contribution in [2.45, 2.75) is 73.3 Å². The number of hydrogen-bond donors (Lipinski definition) is 0. The first-order valence-electron chi connectivity index (χ1n) is 11.8. The second kappa shape index (κ2) is 14.0. The predicted octanol–water partition coefficient (Wildman–Crippen LogP) is 8.07. The van der Waals surface area contributed by atoms with Gasteiger partial charge in [-0.2, -0.15) is 10.4 Å². The SMILES string of the molecule is C=C(CC(c1ccccc1)C(C#N)c1ccccc1)c1c(C)nn(CC)c1C.CC.CC. The number of aryl methyl sites for hydroxylation is 2. The number of nitrogens with zero attached hydrogens (tertiary/aromatic N) is 3. The van der Waals surface area contributed by atoms with E-state index in [4.69, 9.17) is 0 Å². The van der Waals surface area contributed by atoms with Gasteiger partial charge in [-0.25, -0.2) is 0 Å². The van der Waals surface area contributed by atoms with E-state index < -0.39 is 0 Å². The summed E-state index contributed by atoms with van der Waals surface area (Å²) in [5.74, 6) is -0.202. The lowest BCUT2D eigenvalue weighted by molar-refractivity contribution is 0.632. The quantitative estimate of drug-likeness (QED) is 0.381. The van der Waals surface area contributed by atoms with E-state index in [0.29, 0.717) is 6.42 Å². The molecule has 0 N–H and O–H groups in total. The van der Waals surface area contributed by atoms with Crippen LogP contribution in [0.1, 0.15) is 81.0 Å². The maximum absolute atomic E-state index is 10.0. The zero-order valence-electron chi connectivity index (χ0n) is 20.9. The molecule has 0 saturated carbocycles. The third-order valence-electron chi connectivity index (χ3n) is 5.43. The van der Waals surface area contributed by atoms with Crippen LogP contribution in [0.5, 0.6) is 0 Å². The van der Waals surface area contributed by atoms with E-state index in [-0.39, 0.29) is 11.8 Å². The minimum atomic E-state index is -0.234. The Kier molecular flexibility index (Phi) is 11.8. The molecular formula is C29H39N3. The summed E-state index contributed by atoms with van der Waals surface area (Å²) in [7, 11) is 0. The molecule has 0 bridgehead atoms. The predicted molar refractivity (Wildman–Crippen MR) is 138 cm³/mol. The van der Waals surface area contributed by atoms with Crippen molar-refractivity contribution in [2.24, 2.45) is 0 Å². The molecular weight excluding hydrogens is 390 g/mol. The molecule has 3 nitrogen and oxygen atoms in total. The second-order valence-electron chi connectivity index (χ2n) is 7.20. The zero-order chi connectivity index (χ0) is 24.1. The number of nitriles is 1. The lowest BCUT2D eigenvalue weighted by atomic mass is 9.77. The first kappa shape index (κ1) is 26.9. The topological polar surface area (TPSA) is 41.6 Å². The number of rotatable bonds is 7. The van der Waals surface area contributed by atoms with Gasteiger partial charge >= 0.3 is 0 Å². The summed E-state index contributed by atoms with van der Waals surface area (Å²) in [4.78, 5) is 0. The summed E-state index contributed by atoms with van der Waals surface area (Å²) < 4.78 is 2.02. The Bertz CT molecular complexity index is 978. The van der Waals surface area contributed by atoms with E-state index in [1.54, 1.807) is 0 Å². The number of aromatic nitrogens is 2. The highest BCUT2D eigenvalue weighted by Crippen LogP contribution is 2.40. The van der Waals surface area contributed by atoms with Crippen LogP contribution in [0.25, 0.3) is 5.57 Å². The molecule has 0 amide bonds. The van der Waals surface area contributed by atoms with Gasteiger partial charge in [-0.15, -0.1) is 0 Å². The van der Waals surface area contributed by atoms with Crippen molar-refractivity contribution < 1.29 is 0 Å². The molecule has 3 rings (SSSR count). The summed E-state index contributed by atoms with van der Waals surface area (Å²) in [5, 5.41) is 14.7. The summed E-state index contributed by atoms with van der Waals surface area (Å²) in [6.07, 6.45) is 0.716. The van der Waals surface area contributed by atoms with Crippen molar-refractivity contribution in [3.05, 3.63) is 95.3 Å². The van der Waals surface area contributed by atoms with Gasteiger partial charge in [0.1, 0.15) is 0 Å². The van der Waals surface area contributed by atoms with Crippen molar-refractivity contribution >= 4 is 5.57 Å². The molecule has 1 heterocycles. The van der Waals surface area contributed by atoms with Crippen LogP contribution in [-0.4, -0.2) is 9.78 Å². The van der Waals surface area contributed by atoms with Crippen molar-refractivity contribution in [3.63, 3.8) is 0 Å². The fraction of sp³-hybridized carbons (Fsp3) is 0.379. The number of hydrogen-bond acceptors (Lipinski definition) is 2. The standard InChI is InChI=1S/C25H27N3.2C2H6/c1-5-28-20(4)25(19(3)27-28)18(2)16-23(21-12-8-6-9-13-21)24(17-26)22-14-10-7-11-15-22;2*1-2/h6-15,23-24H,2,5,16H2,1,3-4H3;2*1-2H3. The monoisotopic (exact) mass is 429 g/mol. The summed E-state index contributed by atoms with van der Waals surface area (Å²) in [5.41, 5.74) is 6.53. The molecule has 2 unspecified atom stereocenters. The van der Waals surface area contributed by atoms with E-state index in [0.717, 1.165) is 40.2 Å². The highest BCUT2D eigenvalue weighted by atomic mass is 15.3. The van der Waals surface area contributed by atoms with Crippen LogP contribution >= 0.6 is 0 Å². The van der Waals surface area contributed by atoms with Crippen LogP contribution in [0, 0.1) is 25.2 Å². The van der Waals surface area contributed by atoms with Gasteiger partial charge in [-0.1, -0.05) is 94.9 Å². The van der Waals surface area contributed by atoms with Crippen LogP contribution in [-0.2, 0) is 6.54 Å². The molecule has 0 aliphatic heterocycles. The van der Waals surface area contributed by atoms with Crippen LogP contribution in [0.3, 0.4) is 0 Å². The minimum Gasteiger partial charge on any atom is -0.269 e. The number of allylic oxidation sites excluding steroid dienone is 1. The molecule has 170 valence electrons. The van der Waals surface area contributed by atoms with Crippen LogP contribution in [0.2, 0.25) is 0 Å². The molecule has 0 spiro atoms. The van der Waals surface area contributed by atoms with Crippen molar-refractivity contribution in [1.29, 1.82) is 5.26 Å². The highest BCUT2D eigenvalue weighted by molar-refractivity contribution is 5.68. The van der Waals surface area contributed by atoms with Gasteiger partial charge in [0.2, 0.25) is 0 Å². The average molecular weight is 430 g/mol. The smallest absolute Gasteiger partial charge is 0.0784 e. The molecule has 0 saturated heterocycles. The molecule has 3 heteroatoms. The Hall–Kier alpha value is -3.12. The van der Waals surface area contributed by atoms with Gasteiger partial charge in [-0.3, -0.25) is 4.68 Å². The van der Waals surface area contributed by atoms with E-state index in [1.807, 2.05) is 87.8 Å². The van der Waals surface area contributed by atoms with Gasteiger partial charge in [0.05, 0.1) is 17.7 Å². The molecule has 32 heavy (non-hydrogen) atoms. The first-order chi connectivity index (χ1) is 15.6. The van der Waals surface area contributed by atoms with Crippen molar-refractivity contribution in [1.82, 2.24) is 9.78 Å². The third-order valence-corrected chi connectivity index (χ3v) is 5.43. The lowest BCUT2D eigenvalue weighted by Crippen LogP contribution is -2.11. The molecule has 0 aliphatic rings. The average Bonchev–Trinajstić information content (AvgIpc) is 3.15. The molecule has 0 fully saturated rings. The van der Waals surface area contributed by atoms with Crippen molar-refractivity contribution in [2.75, 3.05) is 0 Å². The van der Waals surface area contributed by atoms with Crippen LogP contribution in [0.4, 0.5) is 0 Å². The van der Waals surface area contributed by atoms with Gasteiger partial charge < -0.3 is 0 Å². The van der Waals surface area contributed by atoms with Gasteiger partial charge in [-0.05, 0) is 43.9 Å². The minimum absolute atomic E-state index is 0.0323.